The van der Waals surface area contributed by atoms with Gasteiger partial charge in [-0.15, -0.1) is 11.3 Å². The third-order valence-corrected chi connectivity index (χ3v) is 3.69. The molecule has 0 aliphatic carbocycles. The number of aryl methyl sites for hydroxylation is 1. The Morgan fingerprint density at radius 1 is 1.69 bits per heavy atom. The molecule has 4 nitrogen and oxygen atoms in total. The molecule has 0 spiro atoms. The molecular formula is C11H19N3OS. The van der Waals surface area contributed by atoms with Gasteiger partial charge in [0.25, 0.3) is 0 Å². The number of ether oxygens (including phenoxy) is 1. The molecule has 0 amide bonds. The van der Waals surface area contributed by atoms with Crippen molar-refractivity contribution in [1.82, 2.24) is 9.88 Å². The normalized spacial score (nSPS) is 22.2. The maximum absolute atomic E-state index is 5.71. The van der Waals surface area contributed by atoms with Crippen LogP contribution in [0.15, 0.2) is 5.38 Å². The summed E-state index contributed by atoms with van der Waals surface area (Å²) in [5.74, 6) is 0. The lowest BCUT2D eigenvalue weighted by molar-refractivity contribution is -0.0191. The SMILES string of the molecule is CCN1CCOC(CNc2nc(C)cs2)C1. The minimum absolute atomic E-state index is 0.290. The molecule has 1 aromatic rings. The fraction of sp³-hybridized carbons (Fsp3) is 0.727. The van der Waals surface area contributed by atoms with Crippen LogP contribution in [-0.4, -0.2) is 48.8 Å². The Kier molecular flexibility index (Phi) is 4.15. The molecule has 5 heteroatoms. The number of morpholine rings is 1. The standard InChI is InChI=1S/C11H19N3OS/c1-3-14-4-5-15-10(7-14)6-12-11-13-9(2)8-16-11/h8,10H,3-7H2,1-2H3,(H,12,13). The molecule has 1 saturated heterocycles. The number of nitrogens with zero attached hydrogens (tertiary/aromatic N) is 2. The van der Waals surface area contributed by atoms with Gasteiger partial charge in [0.2, 0.25) is 0 Å². The Hall–Kier alpha value is -0.650. The highest BCUT2D eigenvalue weighted by atomic mass is 32.1. The first kappa shape index (κ1) is 11.8. The van der Waals surface area contributed by atoms with Crippen LogP contribution in [0.5, 0.6) is 0 Å². The number of aromatic nitrogens is 1. The zero-order chi connectivity index (χ0) is 11.4. The average Bonchev–Trinajstić information content (AvgIpc) is 2.73. The van der Waals surface area contributed by atoms with Crippen molar-refractivity contribution in [3.8, 4) is 0 Å². The number of rotatable bonds is 4. The van der Waals surface area contributed by atoms with Gasteiger partial charge in [-0.05, 0) is 13.5 Å². The highest BCUT2D eigenvalue weighted by Crippen LogP contribution is 2.15. The van der Waals surface area contributed by atoms with Gasteiger partial charge in [-0.25, -0.2) is 4.98 Å². The molecule has 0 radical (unpaired) electrons. The largest absolute Gasteiger partial charge is 0.374 e. The lowest BCUT2D eigenvalue weighted by atomic mass is 10.2. The van der Waals surface area contributed by atoms with Crippen LogP contribution in [0.25, 0.3) is 0 Å². The zero-order valence-corrected chi connectivity index (χ0v) is 10.7. The molecule has 2 rings (SSSR count). The van der Waals surface area contributed by atoms with Gasteiger partial charge in [0.1, 0.15) is 0 Å². The summed E-state index contributed by atoms with van der Waals surface area (Å²) in [6.45, 7) is 9.09. The Labute approximate surface area is 101 Å². The van der Waals surface area contributed by atoms with E-state index in [9.17, 15) is 0 Å². The molecule has 0 bridgehead atoms. The van der Waals surface area contributed by atoms with Crippen LogP contribution in [0.4, 0.5) is 5.13 Å². The van der Waals surface area contributed by atoms with E-state index in [1.165, 1.54) is 0 Å². The van der Waals surface area contributed by atoms with E-state index in [1.54, 1.807) is 11.3 Å². The lowest BCUT2D eigenvalue weighted by Crippen LogP contribution is -2.45. The van der Waals surface area contributed by atoms with Gasteiger partial charge in [-0.2, -0.15) is 0 Å². The molecule has 0 saturated carbocycles. The molecule has 0 aromatic carbocycles. The van der Waals surface area contributed by atoms with Crippen molar-refractivity contribution >= 4 is 16.5 Å². The second-order valence-corrected chi connectivity index (χ2v) is 4.92. The summed E-state index contributed by atoms with van der Waals surface area (Å²) in [6.07, 6.45) is 0.290. The first-order valence-electron chi connectivity index (χ1n) is 5.78. The number of likely N-dealkylation sites (N-methyl/N-ethyl adjacent to an activating group) is 1. The summed E-state index contributed by atoms with van der Waals surface area (Å²) in [5.41, 5.74) is 1.08. The number of nitrogens with one attached hydrogen (secondary N) is 1. The van der Waals surface area contributed by atoms with E-state index in [0.717, 1.165) is 43.6 Å². The van der Waals surface area contributed by atoms with Crippen LogP contribution in [0, 0.1) is 6.92 Å². The smallest absolute Gasteiger partial charge is 0.182 e. The third kappa shape index (κ3) is 3.17. The molecule has 1 aliphatic heterocycles. The summed E-state index contributed by atoms with van der Waals surface area (Å²) >= 11 is 1.65. The molecule has 16 heavy (non-hydrogen) atoms. The Bertz CT molecular complexity index is 329. The highest BCUT2D eigenvalue weighted by molar-refractivity contribution is 7.13. The molecule has 1 aliphatic rings. The van der Waals surface area contributed by atoms with Gasteiger partial charge < -0.3 is 10.1 Å². The molecule has 1 unspecified atom stereocenters. The van der Waals surface area contributed by atoms with E-state index in [-0.39, 0.29) is 6.10 Å². The number of thiazole rings is 1. The minimum Gasteiger partial charge on any atom is -0.374 e. The topological polar surface area (TPSA) is 37.4 Å². The predicted molar refractivity (Wildman–Crippen MR) is 67.2 cm³/mol. The van der Waals surface area contributed by atoms with Gasteiger partial charge in [0.15, 0.2) is 5.13 Å². The molecule has 1 atom stereocenters. The Morgan fingerprint density at radius 3 is 3.25 bits per heavy atom. The quantitative estimate of drug-likeness (QED) is 0.868. The first-order valence-corrected chi connectivity index (χ1v) is 6.66. The molecule has 1 fully saturated rings. The second kappa shape index (κ2) is 5.61. The van der Waals surface area contributed by atoms with Gasteiger partial charge in [0, 0.05) is 25.0 Å². The average molecular weight is 241 g/mol. The van der Waals surface area contributed by atoms with Gasteiger partial charge in [-0.1, -0.05) is 6.92 Å². The zero-order valence-electron chi connectivity index (χ0n) is 9.90. The van der Waals surface area contributed by atoms with Crippen molar-refractivity contribution in [2.24, 2.45) is 0 Å². The summed E-state index contributed by atoms with van der Waals surface area (Å²) in [5, 5.41) is 6.39. The maximum atomic E-state index is 5.71. The Balaban J connectivity index is 1.77. The van der Waals surface area contributed by atoms with Crippen molar-refractivity contribution in [3.63, 3.8) is 0 Å². The monoisotopic (exact) mass is 241 g/mol. The predicted octanol–water partition coefficient (Wildman–Crippen LogP) is 1.58. The van der Waals surface area contributed by atoms with Crippen LogP contribution >= 0.6 is 11.3 Å². The van der Waals surface area contributed by atoms with E-state index in [0.29, 0.717) is 0 Å². The van der Waals surface area contributed by atoms with E-state index in [2.05, 4.69) is 27.5 Å². The molecule has 2 heterocycles. The summed E-state index contributed by atoms with van der Waals surface area (Å²) in [7, 11) is 0. The summed E-state index contributed by atoms with van der Waals surface area (Å²) < 4.78 is 5.71. The number of anilines is 1. The Morgan fingerprint density at radius 2 is 2.56 bits per heavy atom. The van der Waals surface area contributed by atoms with E-state index >= 15 is 0 Å². The van der Waals surface area contributed by atoms with Crippen molar-refractivity contribution < 1.29 is 4.74 Å². The first-order chi connectivity index (χ1) is 7.78. The molecular weight excluding hydrogens is 222 g/mol. The van der Waals surface area contributed by atoms with Crippen molar-refractivity contribution in [1.29, 1.82) is 0 Å². The van der Waals surface area contributed by atoms with Crippen LogP contribution in [-0.2, 0) is 4.74 Å². The van der Waals surface area contributed by atoms with Crippen LogP contribution in [0.2, 0.25) is 0 Å². The van der Waals surface area contributed by atoms with E-state index in [1.807, 2.05) is 6.92 Å². The van der Waals surface area contributed by atoms with Gasteiger partial charge in [0.05, 0.1) is 18.4 Å². The van der Waals surface area contributed by atoms with E-state index < -0.39 is 0 Å². The highest BCUT2D eigenvalue weighted by Gasteiger charge is 2.18. The van der Waals surface area contributed by atoms with Crippen molar-refractivity contribution in [3.05, 3.63) is 11.1 Å². The summed E-state index contributed by atoms with van der Waals surface area (Å²) in [4.78, 5) is 6.79. The molecule has 90 valence electrons. The van der Waals surface area contributed by atoms with Crippen molar-refractivity contribution in [2.75, 3.05) is 38.1 Å². The number of hydrogen-bond donors (Lipinski definition) is 1. The molecule has 1 aromatic heterocycles. The van der Waals surface area contributed by atoms with Crippen LogP contribution in [0.1, 0.15) is 12.6 Å². The third-order valence-electron chi connectivity index (χ3n) is 2.77. The second-order valence-electron chi connectivity index (χ2n) is 4.06. The van der Waals surface area contributed by atoms with Crippen molar-refractivity contribution in [2.45, 2.75) is 20.0 Å². The maximum Gasteiger partial charge on any atom is 0.182 e. The van der Waals surface area contributed by atoms with Gasteiger partial charge >= 0.3 is 0 Å². The summed E-state index contributed by atoms with van der Waals surface area (Å²) in [6, 6.07) is 0. The fourth-order valence-electron chi connectivity index (χ4n) is 1.83. The lowest BCUT2D eigenvalue weighted by Gasteiger charge is -2.32. The van der Waals surface area contributed by atoms with Crippen LogP contribution in [0.3, 0.4) is 0 Å². The van der Waals surface area contributed by atoms with Gasteiger partial charge in [-0.3, -0.25) is 4.90 Å². The fourth-order valence-corrected chi connectivity index (χ4v) is 2.53. The minimum atomic E-state index is 0.290. The molecule has 1 N–H and O–H groups in total. The van der Waals surface area contributed by atoms with E-state index in [4.69, 9.17) is 4.74 Å². The number of hydrogen-bond acceptors (Lipinski definition) is 5. The van der Waals surface area contributed by atoms with Crippen LogP contribution < -0.4 is 5.32 Å².